The third-order valence-electron chi connectivity index (χ3n) is 2.93. The van der Waals surface area contributed by atoms with Crippen molar-refractivity contribution in [3.8, 4) is 6.07 Å². The maximum Gasteiger partial charge on any atom is 0.245 e. The highest BCUT2D eigenvalue weighted by molar-refractivity contribution is 5.28. The Hall–Kier alpha value is -1.68. The van der Waals surface area contributed by atoms with E-state index in [0.717, 1.165) is 32.1 Å². The highest BCUT2D eigenvalue weighted by Crippen LogP contribution is 2.12. The van der Waals surface area contributed by atoms with E-state index in [2.05, 4.69) is 31.4 Å². The van der Waals surface area contributed by atoms with Gasteiger partial charge in [0, 0.05) is 33.2 Å². The summed E-state index contributed by atoms with van der Waals surface area (Å²) in [7, 11) is 1.83. The molecule has 7 nitrogen and oxygen atoms in total. The molecule has 1 atom stereocenters. The van der Waals surface area contributed by atoms with Crippen LogP contribution in [0.3, 0.4) is 0 Å². The summed E-state index contributed by atoms with van der Waals surface area (Å²) in [5.41, 5.74) is 0. The Balaban J connectivity index is 1.96. The molecule has 1 aromatic heterocycles. The number of piperazine rings is 1. The second-order valence-electron chi connectivity index (χ2n) is 3.93. The first kappa shape index (κ1) is 10.8. The van der Waals surface area contributed by atoms with Crippen molar-refractivity contribution >= 4 is 5.95 Å². The molecule has 16 heavy (non-hydrogen) atoms. The predicted octanol–water partition coefficient (Wildman–Crippen LogP) is -0.756. The average molecular weight is 221 g/mol. The Morgan fingerprint density at radius 1 is 1.31 bits per heavy atom. The number of nitriles is 1. The normalized spacial score (nSPS) is 19.4. The van der Waals surface area contributed by atoms with E-state index >= 15 is 0 Å². The minimum Gasteiger partial charge on any atom is -0.337 e. The second-order valence-corrected chi connectivity index (χ2v) is 3.93. The summed E-state index contributed by atoms with van der Waals surface area (Å²) in [5.74, 6) is 0.796. The monoisotopic (exact) mass is 221 g/mol. The molecule has 0 aliphatic carbocycles. The molecule has 1 aromatic rings. The second kappa shape index (κ2) is 4.45. The van der Waals surface area contributed by atoms with E-state index in [9.17, 15) is 0 Å². The van der Waals surface area contributed by atoms with E-state index in [1.165, 1.54) is 0 Å². The Bertz CT molecular complexity index is 385. The van der Waals surface area contributed by atoms with Crippen LogP contribution < -0.4 is 4.90 Å². The van der Waals surface area contributed by atoms with Crippen LogP contribution in [0.25, 0.3) is 0 Å². The minimum absolute atomic E-state index is 0.0141. The standard InChI is InChI=1S/C9H15N7/c1-8(7-10)15-3-5-16(6-4-15)9-11-12-13-14(9)2/h8H,3-6H2,1-2H3. The molecule has 0 aromatic carbocycles. The van der Waals surface area contributed by atoms with Gasteiger partial charge in [-0.2, -0.15) is 5.26 Å². The van der Waals surface area contributed by atoms with Crippen LogP contribution in [0.2, 0.25) is 0 Å². The van der Waals surface area contributed by atoms with E-state index in [1.54, 1.807) is 4.68 Å². The Morgan fingerprint density at radius 3 is 2.50 bits per heavy atom. The number of aryl methyl sites for hydroxylation is 1. The molecular weight excluding hydrogens is 206 g/mol. The number of rotatable bonds is 2. The SMILES string of the molecule is CC(C#N)N1CCN(c2nnnn2C)CC1. The molecular formula is C9H15N7. The molecule has 1 aliphatic rings. The number of hydrogen-bond acceptors (Lipinski definition) is 6. The summed E-state index contributed by atoms with van der Waals surface area (Å²) >= 11 is 0. The van der Waals surface area contributed by atoms with Gasteiger partial charge in [0.15, 0.2) is 0 Å². The van der Waals surface area contributed by atoms with Gasteiger partial charge >= 0.3 is 0 Å². The Kier molecular flexibility index (Phi) is 3.01. The van der Waals surface area contributed by atoms with Crippen molar-refractivity contribution in [3.63, 3.8) is 0 Å². The van der Waals surface area contributed by atoms with Gasteiger partial charge in [-0.25, -0.2) is 4.68 Å². The maximum atomic E-state index is 8.84. The van der Waals surface area contributed by atoms with Gasteiger partial charge in [0.05, 0.1) is 12.1 Å². The van der Waals surface area contributed by atoms with Crippen LogP contribution in [0.4, 0.5) is 5.95 Å². The van der Waals surface area contributed by atoms with E-state index in [-0.39, 0.29) is 6.04 Å². The summed E-state index contributed by atoms with van der Waals surface area (Å²) in [6.45, 7) is 5.41. The summed E-state index contributed by atoms with van der Waals surface area (Å²) in [6.07, 6.45) is 0. The maximum absolute atomic E-state index is 8.84. The van der Waals surface area contributed by atoms with Crippen molar-refractivity contribution in [3.05, 3.63) is 0 Å². The fourth-order valence-corrected chi connectivity index (χ4v) is 1.88. The zero-order valence-corrected chi connectivity index (χ0v) is 9.54. The number of hydrogen-bond donors (Lipinski definition) is 0. The third-order valence-corrected chi connectivity index (χ3v) is 2.93. The van der Waals surface area contributed by atoms with E-state index in [1.807, 2.05) is 14.0 Å². The minimum atomic E-state index is -0.0141. The predicted molar refractivity (Wildman–Crippen MR) is 57.7 cm³/mol. The van der Waals surface area contributed by atoms with Crippen LogP contribution in [0, 0.1) is 11.3 Å². The van der Waals surface area contributed by atoms with Crippen molar-refractivity contribution in [2.45, 2.75) is 13.0 Å². The molecule has 1 fully saturated rings. The molecule has 0 N–H and O–H groups in total. The van der Waals surface area contributed by atoms with Gasteiger partial charge in [0.1, 0.15) is 0 Å². The molecule has 1 saturated heterocycles. The summed E-state index contributed by atoms with van der Waals surface area (Å²) < 4.78 is 1.67. The van der Waals surface area contributed by atoms with Gasteiger partial charge in [0.2, 0.25) is 5.95 Å². The summed E-state index contributed by atoms with van der Waals surface area (Å²) in [4.78, 5) is 4.31. The molecule has 0 spiro atoms. The lowest BCUT2D eigenvalue weighted by atomic mass is 10.2. The van der Waals surface area contributed by atoms with Gasteiger partial charge in [0.25, 0.3) is 0 Å². The van der Waals surface area contributed by atoms with Crippen LogP contribution in [-0.2, 0) is 7.05 Å². The lowest BCUT2D eigenvalue weighted by Crippen LogP contribution is -2.50. The molecule has 0 bridgehead atoms. The van der Waals surface area contributed by atoms with Crippen LogP contribution in [-0.4, -0.2) is 57.3 Å². The van der Waals surface area contributed by atoms with E-state index in [4.69, 9.17) is 5.26 Å². The number of tetrazole rings is 1. The summed E-state index contributed by atoms with van der Waals surface area (Å²) in [6, 6.07) is 2.24. The van der Waals surface area contributed by atoms with Crippen LogP contribution in [0.5, 0.6) is 0 Å². The first-order valence-corrected chi connectivity index (χ1v) is 5.33. The molecule has 86 valence electrons. The van der Waals surface area contributed by atoms with Crippen LogP contribution >= 0.6 is 0 Å². The van der Waals surface area contributed by atoms with Crippen LogP contribution in [0.15, 0.2) is 0 Å². The number of nitrogens with zero attached hydrogens (tertiary/aromatic N) is 7. The van der Waals surface area contributed by atoms with Crippen LogP contribution in [0.1, 0.15) is 6.92 Å². The van der Waals surface area contributed by atoms with Gasteiger partial charge in [-0.1, -0.05) is 5.10 Å². The lowest BCUT2D eigenvalue weighted by Gasteiger charge is -2.35. The molecule has 1 unspecified atom stereocenters. The zero-order valence-electron chi connectivity index (χ0n) is 9.54. The molecule has 0 amide bonds. The highest BCUT2D eigenvalue weighted by atomic mass is 15.6. The molecule has 0 saturated carbocycles. The Morgan fingerprint density at radius 2 is 2.00 bits per heavy atom. The van der Waals surface area contributed by atoms with Crippen molar-refractivity contribution in [1.29, 1.82) is 5.26 Å². The first-order chi connectivity index (χ1) is 7.72. The number of aromatic nitrogens is 4. The number of anilines is 1. The largest absolute Gasteiger partial charge is 0.337 e. The van der Waals surface area contributed by atoms with Gasteiger partial charge in [-0.3, -0.25) is 4.90 Å². The van der Waals surface area contributed by atoms with Crippen molar-refractivity contribution in [2.24, 2.45) is 7.05 Å². The fraction of sp³-hybridized carbons (Fsp3) is 0.778. The van der Waals surface area contributed by atoms with Gasteiger partial charge in [-0.05, 0) is 17.4 Å². The smallest absolute Gasteiger partial charge is 0.245 e. The third kappa shape index (κ3) is 1.97. The quantitative estimate of drug-likeness (QED) is 0.654. The lowest BCUT2D eigenvalue weighted by molar-refractivity contribution is 0.230. The molecule has 0 radical (unpaired) electrons. The molecule has 2 heterocycles. The fourth-order valence-electron chi connectivity index (χ4n) is 1.88. The Labute approximate surface area is 94.2 Å². The van der Waals surface area contributed by atoms with Crippen molar-refractivity contribution in [2.75, 3.05) is 31.1 Å². The zero-order chi connectivity index (χ0) is 11.5. The topological polar surface area (TPSA) is 73.9 Å². The average Bonchev–Trinajstić information content (AvgIpc) is 2.75. The summed E-state index contributed by atoms with van der Waals surface area (Å²) in [5, 5.41) is 20.2. The van der Waals surface area contributed by atoms with E-state index in [0.29, 0.717) is 0 Å². The molecule has 2 rings (SSSR count). The van der Waals surface area contributed by atoms with Gasteiger partial charge < -0.3 is 4.90 Å². The molecule has 1 aliphatic heterocycles. The van der Waals surface area contributed by atoms with Gasteiger partial charge in [-0.15, -0.1) is 0 Å². The highest BCUT2D eigenvalue weighted by Gasteiger charge is 2.23. The first-order valence-electron chi connectivity index (χ1n) is 5.33. The van der Waals surface area contributed by atoms with Crippen molar-refractivity contribution < 1.29 is 0 Å². The van der Waals surface area contributed by atoms with E-state index < -0.39 is 0 Å². The molecule has 7 heteroatoms. The van der Waals surface area contributed by atoms with Crippen molar-refractivity contribution in [1.82, 2.24) is 25.1 Å².